The van der Waals surface area contributed by atoms with E-state index >= 15 is 0 Å². The van der Waals surface area contributed by atoms with Crippen LogP contribution in [0, 0.1) is 0 Å². The normalized spacial score (nSPS) is 11.4. The van der Waals surface area contributed by atoms with E-state index in [2.05, 4.69) is 4.74 Å². The Morgan fingerprint density at radius 2 is 1.78 bits per heavy atom. The summed E-state index contributed by atoms with van der Waals surface area (Å²) in [5.74, 6) is -2.33. The second-order valence-corrected chi connectivity index (χ2v) is 4.21. The Hall–Kier alpha value is -2.51. The molecule has 1 aromatic carbocycles. The number of ketones is 1. The second kappa shape index (κ2) is 7.66. The van der Waals surface area contributed by atoms with Crippen LogP contribution in [0.15, 0.2) is 24.3 Å². The van der Waals surface area contributed by atoms with Crippen LogP contribution in [0.1, 0.15) is 22.8 Å². The van der Waals surface area contributed by atoms with Crippen LogP contribution in [0.25, 0.3) is 0 Å². The maximum Gasteiger partial charge on any atom is 0.420 e. The van der Waals surface area contributed by atoms with E-state index in [1.54, 1.807) is 6.92 Å². The number of methoxy groups -OCH3 is 2. The van der Waals surface area contributed by atoms with Gasteiger partial charge in [0.2, 0.25) is 0 Å². The highest BCUT2D eigenvalue weighted by Gasteiger charge is 2.36. The number of allylic oxidation sites excluding steroid dienone is 1. The molecule has 8 heteroatoms. The summed E-state index contributed by atoms with van der Waals surface area (Å²) < 4.78 is 53.3. The molecule has 23 heavy (non-hydrogen) atoms. The first-order valence-corrected chi connectivity index (χ1v) is 6.47. The molecule has 0 saturated carbocycles. The summed E-state index contributed by atoms with van der Waals surface area (Å²) in [7, 11) is 2.22. The highest BCUT2D eigenvalue weighted by molar-refractivity contribution is 6.07. The summed E-state index contributed by atoms with van der Waals surface area (Å²) in [6, 6.07) is 1.74. The Kier molecular flexibility index (Phi) is 6.18. The van der Waals surface area contributed by atoms with Gasteiger partial charge in [-0.15, -0.1) is 0 Å². The van der Waals surface area contributed by atoms with Crippen molar-refractivity contribution in [3.05, 3.63) is 35.4 Å². The van der Waals surface area contributed by atoms with Crippen LogP contribution >= 0.6 is 0 Å². The predicted molar refractivity (Wildman–Crippen MR) is 74.7 cm³/mol. The first-order chi connectivity index (χ1) is 10.7. The molecule has 0 aromatic heterocycles. The van der Waals surface area contributed by atoms with E-state index in [0.717, 1.165) is 32.4 Å². The van der Waals surface area contributed by atoms with Gasteiger partial charge >= 0.3 is 12.1 Å². The molecule has 0 atom stereocenters. The van der Waals surface area contributed by atoms with Crippen LogP contribution < -0.4 is 9.47 Å². The molecular weight excluding hydrogens is 317 g/mol. The van der Waals surface area contributed by atoms with Gasteiger partial charge in [0.05, 0.1) is 20.8 Å². The van der Waals surface area contributed by atoms with Crippen molar-refractivity contribution < 1.29 is 37.0 Å². The predicted octanol–water partition coefficient (Wildman–Crippen LogP) is 3.02. The van der Waals surface area contributed by atoms with Crippen molar-refractivity contribution in [1.82, 2.24) is 0 Å². The summed E-state index contributed by atoms with van der Waals surface area (Å²) in [6.45, 7) is 1.70. The molecule has 0 unspecified atom stereocenters. The molecule has 0 spiro atoms. The number of halogens is 3. The van der Waals surface area contributed by atoms with Crippen LogP contribution in [0.2, 0.25) is 0 Å². The smallest absolute Gasteiger partial charge is 0.420 e. The lowest BCUT2D eigenvalue weighted by molar-refractivity contribution is -0.139. The number of ether oxygens (including phenoxy) is 3. The fourth-order valence-corrected chi connectivity index (χ4v) is 1.75. The molecule has 5 nitrogen and oxygen atoms in total. The van der Waals surface area contributed by atoms with Crippen molar-refractivity contribution in [2.45, 2.75) is 13.1 Å². The van der Waals surface area contributed by atoms with Gasteiger partial charge in [0.1, 0.15) is 5.56 Å². The third-order valence-corrected chi connectivity index (χ3v) is 2.73. The van der Waals surface area contributed by atoms with Gasteiger partial charge in [-0.3, -0.25) is 4.79 Å². The molecule has 1 aromatic rings. The third-order valence-electron chi connectivity index (χ3n) is 2.73. The lowest BCUT2D eigenvalue weighted by atomic mass is 10.0. The van der Waals surface area contributed by atoms with E-state index in [1.807, 2.05) is 0 Å². The number of benzene rings is 1. The van der Waals surface area contributed by atoms with E-state index < -0.39 is 29.2 Å². The van der Waals surface area contributed by atoms with Crippen molar-refractivity contribution in [1.29, 1.82) is 0 Å². The number of hydrogen-bond acceptors (Lipinski definition) is 5. The monoisotopic (exact) mass is 332 g/mol. The summed E-state index contributed by atoms with van der Waals surface area (Å²) in [5, 5.41) is 0. The minimum Gasteiger partial charge on any atom is -0.493 e. The largest absolute Gasteiger partial charge is 0.493 e. The number of rotatable bonds is 6. The number of esters is 1. The van der Waals surface area contributed by atoms with Gasteiger partial charge in [0.25, 0.3) is 0 Å². The molecule has 0 N–H and O–H groups in total. The van der Waals surface area contributed by atoms with Gasteiger partial charge in [-0.1, -0.05) is 0 Å². The molecular formula is C15H15F3O5. The van der Waals surface area contributed by atoms with Crippen molar-refractivity contribution in [3.63, 3.8) is 0 Å². The van der Waals surface area contributed by atoms with Gasteiger partial charge in [0.15, 0.2) is 17.3 Å². The molecule has 0 radical (unpaired) electrons. The quantitative estimate of drug-likeness (QED) is 0.455. The number of alkyl halides is 3. The van der Waals surface area contributed by atoms with E-state index in [1.165, 1.54) is 0 Å². The average molecular weight is 332 g/mol. The molecule has 0 aliphatic carbocycles. The van der Waals surface area contributed by atoms with E-state index in [0.29, 0.717) is 6.07 Å². The fraction of sp³-hybridized carbons (Fsp3) is 0.333. The van der Waals surface area contributed by atoms with Gasteiger partial charge in [-0.05, 0) is 25.1 Å². The van der Waals surface area contributed by atoms with Crippen LogP contribution in [0.4, 0.5) is 13.2 Å². The van der Waals surface area contributed by atoms with Crippen LogP contribution in [-0.2, 0) is 15.7 Å². The molecule has 0 aliphatic rings. The third kappa shape index (κ3) is 4.73. The zero-order valence-electron chi connectivity index (χ0n) is 12.7. The summed E-state index contributed by atoms with van der Waals surface area (Å²) in [6.07, 6.45) is -3.06. The Morgan fingerprint density at radius 1 is 1.13 bits per heavy atom. The van der Waals surface area contributed by atoms with E-state index in [9.17, 15) is 22.8 Å². The number of carbonyl (C=O) groups excluding carboxylic acids is 2. The Labute approximate surface area is 130 Å². The van der Waals surface area contributed by atoms with Gasteiger partial charge < -0.3 is 14.2 Å². The van der Waals surface area contributed by atoms with Gasteiger partial charge in [0, 0.05) is 11.6 Å². The van der Waals surface area contributed by atoms with Crippen molar-refractivity contribution in [2.75, 3.05) is 20.8 Å². The van der Waals surface area contributed by atoms with E-state index in [-0.39, 0.29) is 17.9 Å². The Morgan fingerprint density at radius 3 is 2.26 bits per heavy atom. The Balaban J connectivity index is 3.27. The van der Waals surface area contributed by atoms with Gasteiger partial charge in [-0.2, -0.15) is 13.2 Å². The van der Waals surface area contributed by atoms with Crippen molar-refractivity contribution in [3.8, 4) is 11.5 Å². The molecule has 0 aliphatic heterocycles. The van der Waals surface area contributed by atoms with Crippen LogP contribution in [0.5, 0.6) is 11.5 Å². The first kappa shape index (κ1) is 18.5. The van der Waals surface area contributed by atoms with E-state index in [4.69, 9.17) is 9.47 Å². The topological polar surface area (TPSA) is 61.8 Å². The molecule has 0 bridgehead atoms. The molecule has 0 fully saturated rings. The molecule has 126 valence electrons. The zero-order chi connectivity index (χ0) is 17.6. The summed E-state index contributed by atoms with van der Waals surface area (Å²) in [5.41, 5.74) is -1.44. The lowest BCUT2D eigenvalue weighted by Crippen LogP contribution is -2.11. The zero-order valence-corrected chi connectivity index (χ0v) is 12.7. The molecule has 1 rings (SSSR count). The highest BCUT2D eigenvalue weighted by atomic mass is 19.4. The van der Waals surface area contributed by atoms with Crippen LogP contribution in [-0.4, -0.2) is 32.6 Å². The summed E-state index contributed by atoms with van der Waals surface area (Å²) in [4.78, 5) is 23.1. The number of hydrogen-bond donors (Lipinski definition) is 0. The highest BCUT2D eigenvalue weighted by Crippen LogP contribution is 2.42. The SMILES string of the molecule is CCOC(=O)/C=C/C(=O)c1cc(OC)c(OC)c(C(F)(F)F)c1. The second-order valence-electron chi connectivity index (χ2n) is 4.21. The Bertz CT molecular complexity index is 620. The summed E-state index contributed by atoms with van der Waals surface area (Å²) >= 11 is 0. The number of carbonyl (C=O) groups is 2. The molecule has 0 saturated heterocycles. The molecule has 0 amide bonds. The van der Waals surface area contributed by atoms with Crippen LogP contribution in [0.3, 0.4) is 0 Å². The lowest BCUT2D eigenvalue weighted by Gasteiger charge is -2.16. The minimum absolute atomic E-state index is 0.117. The fourth-order valence-electron chi connectivity index (χ4n) is 1.75. The average Bonchev–Trinajstić information content (AvgIpc) is 2.50. The van der Waals surface area contributed by atoms with Crippen molar-refractivity contribution >= 4 is 11.8 Å². The van der Waals surface area contributed by atoms with Crippen molar-refractivity contribution in [2.24, 2.45) is 0 Å². The first-order valence-electron chi connectivity index (χ1n) is 6.47. The molecule has 0 heterocycles. The minimum atomic E-state index is -4.74. The maximum absolute atomic E-state index is 13.1. The maximum atomic E-state index is 13.1. The van der Waals surface area contributed by atoms with Gasteiger partial charge in [-0.25, -0.2) is 4.79 Å². The standard InChI is InChI=1S/C15H15F3O5/c1-4-23-13(20)6-5-11(19)9-7-10(15(16,17)18)14(22-3)12(8-9)21-2/h5-8H,4H2,1-3H3/b6-5+.